The van der Waals surface area contributed by atoms with Gasteiger partial charge in [-0.1, -0.05) is 0 Å². The van der Waals surface area contributed by atoms with E-state index in [0.29, 0.717) is 6.61 Å². The van der Waals surface area contributed by atoms with Crippen LogP contribution in [0.2, 0.25) is 0 Å². The van der Waals surface area contributed by atoms with Crippen LogP contribution in [0.3, 0.4) is 0 Å². The summed E-state index contributed by atoms with van der Waals surface area (Å²) in [5.41, 5.74) is 1.27. The van der Waals surface area contributed by atoms with Gasteiger partial charge >= 0.3 is 0 Å². The Bertz CT molecular complexity index is 460. The minimum Gasteiger partial charge on any atom is -0.493 e. The first-order valence-electron chi connectivity index (χ1n) is 4.56. The molecule has 0 saturated carbocycles. The van der Waals surface area contributed by atoms with Gasteiger partial charge in [0.05, 0.1) is 11.3 Å². The quantitative estimate of drug-likeness (QED) is 0.761. The van der Waals surface area contributed by atoms with Crippen LogP contribution in [0.1, 0.15) is 12.5 Å². The Hall–Kier alpha value is -0.670. The third-order valence-electron chi connectivity index (χ3n) is 2.15. The molecule has 14 heavy (non-hydrogen) atoms. The highest BCUT2D eigenvalue weighted by Crippen LogP contribution is 2.37. The van der Waals surface area contributed by atoms with E-state index in [9.17, 15) is 0 Å². The fraction of sp³-hybridized carbons (Fsp3) is 0.273. The van der Waals surface area contributed by atoms with Crippen molar-refractivity contribution < 1.29 is 4.74 Å². The molecule has 2 aromatic rings. The normalized spacial score (nSPS) is 10.8. The maximum absolute atomic E-state index is 5.59. The summed E-state index contributed by atoms with van der Waals surface area (Å²) < 4.78 is 6.81. The third kappa shape index (κ3) is 1.51. The van der Waals surface area contributed by atoms with Crippen molar-refractivity contribution in [3.05, 3.63) is 23.1 Å². The molecule has 3 heteroatoms. The van der Waals surface area contributed by atoms with E-state index < -0.39 is 0 Å². The Morgan fingerprint density at radius 2 is 2.21 bits per heavy atom. The Morgan fingerprint density at radius 3 is 2.93 bits per heavy atom. The van der Waals surface area contributed by atoms with Gasteiger partial charge in [-0.25, -0.2) is 0 Å². The maximum Gasteiger partial charge on any atom is 0.128 e. The van der Waals surface area contributed by atoms with Crippen molar-refractivity contribution in [2.45, 2.75) is 18.7 Å². The molecule has 0 N–H and O–H groups in total. The first-order valence-corrected chi connectivity index (χ1v) is 5.89. The molecule has 74 valence electrons. The molecule has 0 fully saturated rings. The number of rotatable bonds is 2. The number of ether oxygens (including phenoxy) is 1. The smallest absolute Gasteiger partial charge is 0.128 e. The van der Waals surface area contributed by atoms with Gasteiger partial charge in [-0.05, 0) is 36.9 Å². The summed E-state index contributed by atoms with van der Waals surface area (Å²) in [6.07, 6.45) is 0. The first-order chi connectivity index (χ1) is 6.74. The van der Waals surface area contributed by atoms with Gasteiger partial charge in [-0.15, -0.1) is 24.0 Å². The summed E-state index contributed by atoms with van der Waals surface area (Å²) in [4.78, 5) is 1.03. The van der Waals surface area contributed by atoms with E-state index in [2.05, 4.69) is 24.9 Å². The lowest BCUT2D eigenvalue weighted by Crippen LogP contribution is -1.92. The molecule has 0 radical (unpaired) electrons. The average Bonchev–Trinajstić information content (AvgIpc) is 2.55. The Kier molecular flexibility index (Phi) is 2.70. The largest absolute Gasteiger partial charge is 0.493 e. The number of hydrogen-bond acceptors (Lipinski definition) is 3. The van der Waals surface area contributed by atoms with Crippen LogP contribution >= 0.6 is 24.0 Å². The second kappa shape index (κ2) is 3.83. The Morgan fingerprint density at radius 1 is 1.43 bits per heavy atom. The third-order valence-corrected chi connectivity index (χ3v) is 3.80. The van der Waals surface area contributed by atoms with E-state index in [1.54, 1.807) is 11.3 Å². The molecule has 0 amide bonds. The van der Waals surface area contributed by atoms with Gasteiger partial charge < -0.3 is 4.74 Å². The van der Waals surface area contributed by atoms with Gasteiger partial charge in [0.1, 0.15) is 5.75 Å². The van der Waals surface area contributed by atoms with E-state index >= 15 is 0 Å². The highest BCUT2D eigenvalue weighted by atomic mass is 32.1. The molecule has 0 unspecified atom stereocenters. The lowest BCUT2D eigenvalue weighted by molar-refractivity contribution is 0.344. The number of benzene rings is 1. The first kappa shape index (κ1) is 9.87. The van der Waals surface area contributed by atoms with Crippen molar-refractivity contribution >= 4 is 34.1 Å². The number of fused-ring (bicyclic) bond motifs is 1. The molecule has 0 aliphatic carbocycles. The maximum atomic E-state index is 5.59. The van der Waals surface area contributed by atoms with Gasteiger partial charge in [0, 0.05) is 10.3 Å². The molecule has 0 aliphatic heterocycles. The van der Waals surface area contributed by atoms with Crippen LogP contribution in [0.4, 0.5) is 0 Å². The van der Waals surface area contributed by atoms with Gasteiger partial charge in [0.15, 0.2) is 0 Å². The topological polar surface area (TPSA) is 9.23 Å². The predicted molar refractivity (Wildman–Crippen MR) is 65.0 cm³/mol. The predicted octanol–water partition coefficient (Wildman–Crippen LogP) is 3.90. The molecule has 0 atom stereocenters. The molecule has 0 saturated heterocycles. The minimum absolute atomic E-state index is 0.705. The van der Waals surface area contributed by atoms with Gasteiger partial charge in [0.25, 0.3) is 0 Å². The van der Waals surface area contributed by atoms with Crippen LogP contribution in [0.5, 0.6) is 5.75 Å². The molecular weight excluding hydrogens is 212 g/mol. The van der Waals surface area contributed by atoms with Crippen molar-refractivity contribution in [1.82, 2.24) is 0 Å². The van der Waals surface area contributed by atoms with Crippen LogP contribution in [0.15, 0.2) is 22.4 Å². The summed E-state index contributed by atoms with van der Waals surface area (Å²) >= 11 is 6.16. The molecule has 1 heterocycles. The molecule has 2 rings (SSSR count). The van der Waals surface area contributed by atoms with Gasteiger partial charge in [-0.3, -0.25) is 0 Å². The SMILES string of the molecule is CCOc1ccc(S)c2scc(C)c12. The zero-order valence-electron chi connectivity index (χ0n) is 8.20. The van der Waals surface area contributed by atoms with Crippen LogP contribution in [0, 0.1) is 6.92 Å². The van der Waals surface area contributed by atoms with Gasteiger partial charge in [-0.2, -0.15) is 0 Å². The average molecular weight is 224 g/mol. The molecule has 1 aromatic carbocycles. The van der Waals surface area contributed by atoms with Crippen LogP contribution in [-0.4, -0.2) is 6.61 Å². The number of thiophene rings is 1. The molecule has 0 aliphatic rings. The monoisotopic (exact) mass is 224 g/mol. The van der Waals surface area contributed by atoms with E-state index in [0.717, 1.165) is 10.6 Å². The fourth-order valence-electron chi connectivity index (χ4n) is 1.53. The van der Waals surface area contributed by atoms with Crippen molar-refractivity contribution in [1.29, 1.82) is 0 Å². The van der Waals surface area contributed by atoms with Crippen LogP contribution < -0.4 is 4.74 Å². The second-order valence-electron chi connectivity index (χ2n) is 3.14. The summed E-state index contributed by atoms with van der Waals surface area (Å²) in [6, 6.07) is 3.99. The standard InChI is InChI=1S/C11H12OS2/c1-3-12-8-4-5-9(13)11-10(8)7(2)6-14-11/h4-6,13H,3H2,1-2H3. The van der Waals surface area contributed by atoms with E-state index in [1.807, 2.05) is 19.1 Å². The van der Waals surface area contributed by atoms with Crippen molar-refractivity contribution in [3.8, 4) is 5.75 Å². The lowest BCUT2D eigenvalue weighted by Gasteiger charge is -2.06. The Labute approximate surface area is 93.1 Å². The summed E-state index contributed by atoms with van der Waals surface area (Å²) in [5.74, 6) is 0.971. The molecule has 1 aromatic heterocycles. The Balaban J connectivity index is 2.72. The number of hydrogen-bond donors (Lipinski definition) is 1. The lowest BCUT2D eigenvalue weighted by atomic mass is 10.2. The number of thiol groups is 1. The zero-order chi connectivity index (χ0) is 10.1. The van der Waals surface area contributed by atoms with E-state index in [1.165, 1.54) is 15.6 Å². The number of aryl methyl sites for hydroxylation is 1. The summed E-state index contributed by atoms with van der Waals surface area (Å²) in [6.45, 7) is 4.81. The summed E-state index contributed by atoms with van der Waals surface area (Å²) in [7, 11) is 0. The summed E-state index contributed by atoms with van der Waals surface area (Å²) in [5, 5.41) is 3.36. The van der Waals surface area contributed by atoms with E-state index in [-0.39, 0.29) is 0 Å². The molecular formula is C11H12OS2. The molecule has 1 nitrogen and oxygen atoms in total. The van der Waals surface area contributed by atoms with Crippen LogP contribution in [-0.2, 0) is 0 Å². The van der Waals surface area contributed by atoms with Crippen molar-refractivity contribution in [2.24, 2.45) is 0 Å². The second-order valence-corrected chi connectivity index (χ2v) is 4.50. The fourth-order valence-corrected chi connectivity index (χ4v) is 2.85. The highest BCUT2D eigenvalue weighted by molar-refractivity contribution is 7.80. The van der Waals surface area contributed by atoms with Crippen molar-refractivity contribution in [2.75, 3.05) is 6.61 Å². The molecule has 0 bridgehead atoms. The minimum atomic E-state index is 0.705. The zero-order valence-corrected chi connectivity index (χ0v) is 9.91. The molecule has 0 spiro atoms. The van der Waals surface area contributed by atoms with E-state index in [4.69, 9.17) is 4.74 Å². The van der Waals surface area contributed by atoms with Gasteiger partial charge in [0.2, 0.25) is 0 Å². The van der Waals surface area contributed by atoms with Crippen molar-refractivity contribution in [3.63, 3.8) is 0 Å². The highest BCUT2D eigenvalue weighted by Gasteiger charge is 2.09. The van der Waals surface area contributed by atoms with Crippen LogP contribution in [0.25, 0.3) is 10.1 Å².